The van der Waals surface area contributed by atoms with Gasteiger partial charge in [-0.25, -0.2) is 4.98 Å². The van der Waals surface area contributed by atoms with E-state index in [1.54, 1.807) is 23.0 Å². The number of methoxy groups -OCH3 is 1. The smallest absolute Gasteiger partial charge is 0.262 e. The van der Waals surface area contributed by atoms with E-state index in [0.29, 0.717) is 23.9 Å². The Balaban J connectivity index is 1.77. The number of carbonyl (C=O) groups is 1. The summed E-state index contributed by atoms with van der Waals surface area (Å²) in [6, 6.07) is 5.28. The van der Waals surface area contributed by atoms with Crippen molar-refractivity contribution in [2.75, 3.05) is 25.6 Å². The van der Waals surface area contributed by atoms with Gasteiger partial charge in [-0.2, -0.15) is 5.10 Å². The van der Waals surface area contributed by atoms with Gasteiger partial charge in [-0.1, -0.05) is 0 Å². The molecule has 2 aromatic heterocycles. The van der Waals surface area contributed by atoms with Crippen LogP contribution in [0.3, 0.4) is 0 Å². The Hall–Kier alpha value is -2.41. The SMILES string of the molecule is COc1ncccc1C(=O)Nc1cc(C2CCCOC2)nn1C. The maximum atomic E-state index is 12.4. The molecule has 1 unspecified atom stereocenters. The van der Waals surface area contributed by atoms with Gasteiger partial charge >= 0.3 is 0 Å². The zero-order chi connectivity index (χ0) is 16.2. The second-order valence-electron chi connectivity index (χ2n) is 5.51. The summed E-state index contributed by atoms with van der Waals surface area (Å²) in [4.78, 5) is 16.5. The minimum Gasteiger partial charge on any atom is -0.480 e. The molecule has 1 saturated heterocycles. The van der Waals surface area contributed by atoms with Crippen LogP contribution in [0.15, 0.2) is 24.4 Å². The minimum absolute atomic E-state index is 0.274. The van der Waals surface area contributed by atoms with Crippen molar-refractivity contribution in [1.82, 2.24) is 14.8 Å². The van der Waals surface area contributed by atoms with E-state index in [9.17, 15) is 4.79 Å². The zero-order valence-corrected chi connectivity index (χ0v) is 13.3. The highest BCUT2D eigenvalue weighted by molar-refractivity contribution is 6.05. The van der Waals surface area contributed by atoms with Crippen molar-refractivity contribution < 1.29 is 14.3 Å². The maximum Gasteiger partial charge on any atom is 0.262 e. The van der Waals surface area contributed by atoms with Crippen LogP contribution in [-0.4, -0.2) is 41.0 Å². The fourth-order valence-electron chi connectivity index (χ4n) is 2.69. The van der Waals surface area contributed by atoms with Crippen molar-refractivity contribution in [3.05, 3.63) is 35.7 Å². The van der Waals surface area contributed by atoms with E-state index >= 15 is 0 Å². The van der Waals surface area contributed by atoms with Crippen LogP contribution in [0.1, 0.15) is 34.8 Å². The van der Waals surface area contributed by atoms with Gasteiger partial charge in [0.2, 0.25) is 5.88 Å². The van der Waals surface area contributed by atoms with Gasteiger partial charge in [0.25, 0.3) is 5.91 Å². The Kier molecular flexibility index (Phi) is 4.57. The van der Waals surface area contributed by atoms with Crippen molar-refractivity contribution in [3.8, 4) is 5.88 Å². The molecule has 0 radical (unpaired) electrons. The summed E-state index contributed by atoms with van der Waals surface area (Å²) in [6.45, 7) is 1.49. The van der Waals surface area contributed by atoms with E-state index < -0.39 is 0 Å². The average molecular weight is 316 g/mol. The van der Waals surface area contributed by atoms with Gasteiger partial charge in [0.15, 0.2) is 0 Å². The molecule has 1 aliphatic rings. The Morgan fingerprint density at radius 1 is 1.52 bits per heavy atom. The molecule has 1 aliphatic heterocycles. The highest BCUT2D eigenvalue weighted by Crippen LogP contribution is 2.26. The second kappa shape index (κ2) is 6.78. The molecule has 1 N–H and O–H groups in total. The van der Waals surface area contributed by atoms with Gasteiger partial charge in [0.1, 0.15) is 11.4 Å². The predicted molar refractivity (Wildman–Crippen MR) is 84.7 cm³/mol. The van der Waals surface area contributed by atoms with Gasteiger partial charge in [-0.05, 0) is 25.0 Å². The number of hydrogen-bond acceptors (Lipinski definition) is 5. The first kappa shape index (κ1) is 15.5. The number of aromatic nitrogens is 3. The van der Waals surface area contributed by atoms with E-state index in [-0.39, 0.29) is 11.8 Å². The molecule has 0 spiro atoms. The number of anilines is 1. The highest BCUT2D eigenvalue weighted by Gasteiger charge is 2.21. The summed E-state index contributed by atoms with van der Waals surface area (Å²) in [7, 11) is 3.30. The largest absolute Gasteiger partial charge is 0.480 e. The van der Waals surface area contributed by atoms with Crippen molar-refractivity contribution in [2.24, 2.45) is 7.05 Å². The number of pyridine rings is 1. The molecule has 7 nitrogen and oxygen atoms in total. The molecule has 1 fully saturated rings. The van der Waals surface area contributed by atoms with Crippen molar-refractivity contribution in [3.63, 3.8) is 0 Å². The highest BCUT2D eigenvalue weighted by atomic mass is 16.5. The third kappa shape index (κ3) is 3.34. The molecule has 0 aliphatic carbocycles. The first-order valence-electron chi connectivity index (χ1n) is 7.61. The molecule has 23 heavy (non-hydrogen) atoms. The number of rotatable bonds is 4. The summed E-state index contributed by atoms with van der Waals surface area (Å²) < 4.78 is 12.3. The number of nitrogens with zero attached hydrogens (tertiary/aromatic N) is 3. The topological polar surface area (TPSA) is 78.3 Å². The fraction of sp³-hybridized carbons (Fsp3) is 0.438. The maximum absolute atomic E-state index is 12.4. The van der Waals surface area contributed by atoms with Gasteiger partial charge in [0, 0.05) is 31.8 Å². The zero-order valence-electron chi connectivity index (χ0n) is 13.3. The van der Waals surface area contributed by atoms with Crippen LogP contribution in [0.4, 0.5) is 5.82 Å². The lowest BCUT2D eigenvalue weighted by Gasteiger charge is -2.19. The summed E-state index contributed by atoms with van der Waals surface area (Å²) in [5.41, 5.74) is 1.33. The molecule has 7 heteroatoms. The summed E-state index contributed by atoms with van der Waals surface area (Å²) in [6.07, 6.45) is 3.68. The van der Waals surface area contributed by atoms with Crippen LogP contribution in [0.2, 0.25) is 0 Å². The van der Waals surface area contributed by atoms with Gasteiger partial charge in [-0.15, -0.1) is 0 Å². The molecule has 3 rings (SSSR count). The number of hydrogen-bond donors (Lipinski definition) is 1. The van der Waals surface area contributed by atoms with Crippen LogP contribution in [0.5, 0.6) is 5.88 Å². The van der Waals surface area contributed by atoms with Crippen LogP contribution in [-0.2, 0) is 11.8 Å². The second-order valence-corrected chi connectivity index (χ2v) is 5.51. The Labute approximate surface area is 134 Å². The van der Waals surface area contributed by atoms with Crippen molar-refractivity contribution in [1.29, 1.82) is 0 Å². The molecule has 1 amide bonds. The Bertz CT molecular complexity index is 692. The van der Waals surface area contributed by atoms with Crippen LogP contribution < -0.4 is 10.1 Å². The Morgan fingerprint density at radius 3 is 3.13 bits per heavy atom. The van der Waals surface area contributed by atoms with Crippen molar-refractivity contribution >= 4 is 11.7 Å². The van der Waals surface area contributed by atoms with Gasteiger partial charge in [0.05, 0.1) is 19.4 Å². The van der Waals surface area contributed by atoms with Gasteiger partial charge in [-0.3, -0.25) is 9.48 Å². The Morgan fingerprint density at radius 2 is 2.39 bits per heavy atom. The lowest BCUT2D eigenvalue weighted by molar-refractivity contribution is 0.0791. The van der Waals surface area contributed by atoms with E-state index in [2.05, 4.69) is 15.4 Å². The number of carbonyl (C=O) groups excluding carboxylic acids is 1. The number of aryl methyl sites for hydroxylation is 1. The minimum atomic E-state index is -0.274. The molecule has 2 aromatic rings. The van der Waals surface area contributed by atoms with E-state index in [0.717, 1.165) is 25.1 Å². The summed E-state index contributed by atoms with van der Waals surface area (Å²) in [5, 5.41) is 7.36. The normalized spacial score (nSPS) is 17.7. The quantitative estimate of drug-likeness (QED) is 0.933. The standard InChI is InChI=1S/C16H20N4O3/c1-20-14(9-13(19-20)11-5-4-8-23-10-11)18-15(21)12-6-3-7-17-16(12)22-2/h3,6-7,9,11H,4-5,8,10H2,1-2H3,(H,18,21). The molecule has 1 atom stereocenters. The van der Waals surface area contributed by atoms with Gasteiger partial charge < -0.3 is 14.8 Å². The third-order valence-electron chi connectivity index (χ3n) is 3.93. The number of ether oxygens (including phenoxy) is 2. The molecule has 0 aromatic carbocycles. The first-order valence-corrected chi connectivity index (χ1v) is 7.61. The van der Waals surface area contributed by atoms with Crippen LogP contribution in [0.25, 0.3) is 0 Å². The monoisotopic (exact) mass is 316 g/mol. The fourth-order valence-corrected chi connectivity index (χ4v) is 2.69. The predicted octanol–water partition coefficient (Wildman–Crippen LogP) is 1.97. The van der Waals surface area contributed by atoms with E-state index in [4.69, 9.17) is 9.47 Å². The third-order valence-corrected chi connectivity index (χ3v) is 3.93. The molecular formula is C16H20N4O3. The lowest BCUT2D eigenvalue weighted by atomic mass is 9.99. The van der Waals surface area contributed by atoms with Crippen molar-refractivity contribution in [2.45, 2.75) is 18.8 Å². The summed E-state index contributed by atoms with van der Waals surface area (Å²) >= 11 is 0. The van der Waals surface area contributed by atoms with E-state index in [1.807, 2.05) is 13.1 Å². The van der Waals surface area contributed by atoms with E-state index in [1.165, 1.54) is 7.11 Å². The number of nitrogens with one attached hydrogen (secondary N) is 1. The van der Waals surface area contributed by atoms with Crippen LogP contribution >= 0.6 is 0 Å². The molecule has 0 bridgehead atoms. The number of amides is 1. The molecule has 122 valence electrons. The first-order chi connectivity index (χ1) is 11.2. The van der Waals surface area contributed by atoms with Crippen LogP contribution in [0, 0.1) is 0 Å². The lowest BCUT2D eigenvalue weighted by Crippen LogP contribution is -2.16. The summed E-state index contributed by atoms with van der Waals surface area (Å²) in [5.74, 6) is 0.951. The molecular weight excluding hydrogens is 296 g/mol. The average Bonchev–Trinajstić information content (AvgIpc) is 2.96. The molecule has 0 saturated carbocycles. The molecule has 3 heterocycles.